The monoisotopic (exact) mass is 251 g/mol. The van der Waals surface area contributed by atoms with Gasteiger partial charge in [0.25, 0.3) is 0 Å². The van der Waals surface area contributed by atoms with Gasteiger partial charge < -0.3 is 5.32 Å². The molecule has 1 rings (SSSR count). The van der Waals surface area contributed by atoms with Crippen molar-refractivity contribution in [3.63, 3.8) is 0 Å². The molecule has 0 aromatic heterocycles. The third kappa shape index (κ3) is 3.32. The van der Waals surface area contributed by atoms with E-state index in [1.54, 1.807) is 12.1 Å². The topological polar surface area (TPSA) is 12.0 Å². The Kier molecular flexibility index (Phi) is 5.33. The van der Waals surface area contributed by atoms with E-state index in [4.69, 9.17) is 0 Å². The van der Waals surface area contributed by atoms with Crippen molar-refractivity contribution < 1.29 is 4.39 Å². The fourth-order valence-corrected chi connectivity index (χ4v) is 3.04. The van der Waals surface area contributed by atoms with E-state index in [-0.39, 0.29) is 11.2 Å². The highest BCUT2D eigenvalue weighted by atomic mass is 19.1. The van der Waals surface area contributed by atoms with Crippen molar-refractivity contribution in [2.24, 2.45) is 5.92 Å². The third-order valence-electron chi connectivity index (χ3n) is 3.99. The molecule has 0 fully saturated rings. The average molecular weight is 251 g/mol. The van der Waals surface area contributed by atoms with Crippen molar-refractivity contribution in [3.05, 3.63) is 35.6 Å². The van der Waals surface area contributed by atoms with Gasteiger partial charge >= 0.3 is 0 Å². The summed E-state index contributed by atoms with van der Waals surface area (Å²) < 4.78 is 13.0. The Balaban J connectivity index is 2.98. The molecule has 0 radical (unpaired) electrons. The van der Waals surface area contributed by atoms with Crippen LogP contribution < -0.4 is 5.32 Å². The number of rotatable bonds is 6. The molecule has 0 aliphatic heterocycles. The summed E-state index contributed by atoms with van der Waals surface area (Å²) in [5, 5.41) is 3.45. The minimum Gasteiger partial charge on any atom is -0.316 e. The van der Waals surface area contributed by atoms with Gasteiger partial charge in [-0.25, -0.2) is 4.39 Å². The summed E-state index contributed by atoms with van der Waals surface area (Å²) in [5.74, 6) is 0.428. The summed E-state index contributed by atoms with van der Waals surface area (Å²) in [5.41, 5.74) is 1.18. The zero-order valence-electron chi connectivity index (χ0n) is 12.3. The van der Waals surface area contributed by atoms with E-state index in [9.17, 15) is 4.39 Å². The molecule has 0 aliphatic rings. The lowest BCUT2D eigenvalue weighted by molar-refractivity contribution is 0.259. The van der Waals surface area contributed by atoms with Gasteiger partial charge in [-0.05, 0) is 37.1 Å². The van der Waals surface area contributed by atoms with Gasteiger partial charge in [0.2, 0.25) is 0 Å². The maximum absolute atomic E-state index is 13.0. The average Bonchev–Trinajstić information content (AvgIpc) is 2.30. The van der Waals surface area contributed by atoms with Crippen molar-refractivity contribution in [2.75, 3.05) is 7.05 Å². The van der Waals surface area contributed by atoms with E-state index in [0.29, 0.717) is 12.0 Å². The molecule has 0 heterocycles. The lowest BCUT2D eigenvalue weighted by Crippen LogP contribution is -2.47. The van der Waals surface area contributed by atoms with Crippen LogP contribution in [0.4, 0.5) is 4.39 Å². The van der Waals surface area contributed by atoms with Gasteiger partial charge in [0.05, 0.1) is 0 Å². The van der Waals surface area contributed by atoms with Crippen molar-refractivity contribution >= 4 is 0 Å². The van der Waals surface area contributed by atoms with E-state index in [1.165, 1.54) is 18.4 Å². The molecule has 0 spiro atoms. The molecule has 2 heteroatoms. The SMILES string of the molecule is CCCC(C)C(NC)C(C)(C)c1ccc(F)cc1. The highest BCUT2D eigenvalue weighted by Gasteiger charge is 2.33. The van der Waals surface area contributed by atoms with Crippen molar-refractivity contribution in [2.45, 2.75) is 52.0 Å². The molecule has 2 atom stereocenters. The number of hydrogen-bond acceptors (Lipinski definition) is 1. The van der Waals surface area contributed by atoms with Crippen LogP contribution in [-0.4, -0.2) is 13.1 Å². The molecule has 0 saturated heterocycles. The minimum absolute atomic E-state index is 0.00294. The largest absolute Gasteiger partial charge is 0.316 e. The fraction of sp³-hybridized carbons (Fsp3) is 0.625. The van der Waals surface area contributed by atoms with Gasteiger partial charge in [-0.15, -0.1) is 0 Å². The van der Waals surface area contributed by atoms with Gasteiger partial charge in [0, 0.05) is 11.5 Å². The van der Waals surface area contributed by atoms with E-state index in [2.05, 4.69) is 33.0 Å². The molecule has 1 aromatic carbocycles. The van der Waals surface area contributed by atoms with Gasteiger partial charge in [-0.1, -0.05) is 46.2 Å². The Morgan fingerprint density at radius 1 is 1.22 bits per heavy atom. The number of benzene rings is 1. The molecule has 1 N–H and O–H groups in total. The van der Waals surface area contributed by atoms with E-state index >= 15 is 0 Å². The number of halogens is 1. The quantitative estimate of drug-likeness (QED) is 0.801. The predicted octanol–water partition coefficient (Wildman–Crippen LogP) is 4.13. The van der Waals surface area contributed by atoms with E-state index in [0.717, 1.165) is 0 Å². The number of likely N-dealkylation sites (N-methyl/N-ethyl adjacent to an activating group) is 1. The Labute approximate surface area is 111 Å². The molecule has 0 saturated carbocycles. The highest BCUT2D eigenvalue weighted by molar-refractivity contribution is 5.26. The lowest BCUT2D eigenvalue weighted by atomic mass is 9.72. The van der Waals surface area contributed by atoms with Crippen LogP contribution >= 0.6 is 0 Å². The molecule has 0 aliphatic carbocycles. The van der Waals surface area contributed by atoms with Crippen molar-refractivity contribution in [3.8, 4) is 0 Å². The Bertz CT molecular complexity index is 356. The molecular weight excluding hydrogens is 225 g/mol. The minimum atomic E-state index is -0.169. The third-order valence-corrected chi connectivity index (χ3v) is 3.99. The van der Waals surface area contributed by atoms with Crippen LogP contribution in [0.1, 0.15) is 46.1 Å². The molecule has 1 aromatic rings. The second-order valence-electron chi connectivity index (χ2n) is 5.76. The summed E-state index contributed by atoms with van der Waals surface area (Å²) in [6, 6.07) is 7.29. The molecule has 0 amide bonds. The van der Waals surface area contributed by atoms with Crippen LogP contribution in [0.2, 0.25) is 0 Å². The Morgan fingerprint density at radius 2 is 1.78 bits per heavy atom. The zero-order valence-corrected chi connectivity index (χ0v) is 12.3. The number of hydrogen-bond donors (Lipinski definition) is 1. The van der Waals surface area contributed by atoms with E-state index in [1.807, 2.05) is 19.2 Å². The summed E-state index contributed by atoms with van der Waals surface area (Å²) in [7, 11) is 2.02. The van der Waals surface area contributed by atoms with Gasteiger partial charge in [0.1, 0.15) is 5.82 Å². The summed E-state index contributed by atoms with van der Waals surface area (Å²) in [4.78, 5) is 0. The summed E-state index contributed by atoms with van der Waals surface area (Å²) in [6.07, 6.45) is 2.40. The van der Waals surface area contributed by atoms with Crippen LogP contribution in [0.15, 0.2) is 24.3 Å². The maximum Gasteiger partial charge on any atom is 0.123 e. The Morgan fingerprint density at radius 3 is 2.22 bits per heavy atom. The molecule has 18 heavy (non-hydrogen) atoms. The van der Waals surface area contributed by atoms with E-state index < -0.39 is 0 Å². The van der Waals surface area contributed by atoms with Gasteiger partial charge in [-0.3, -0.25) is 0 Å². The molecular formula is C16H26FN. The van der Waals surface area contributed by atoms with Crippen LogP contribution in [-0.2, 0) is 5.41 Å². The fourth-order valence-electron chi connectivity index (χ4n) is 3.04. The molecule has 102 valence electrons. The number of nitrogens with one attached hydrogen (secondary N) is 1. The second kappa shape index (κ2) is 6.33. The van der Waals surface area contributed by atoms with Gasteiger partial charge in [0.15, 0.2) is 0 Å². The lowest BCUT2D eigenvalue weighted by Gasteiger charge is -2.39. The van der Waals surface area contributed by atoms with Crippen molar-refractivity contribution in [1.82, 2.24) is 5.32 Å². The highest BCUT2D eigenvalue weighted by Crippen LogP contribution is 2.32. The van der Waals surface area contributed by atoms with Gasteiger partial charge in [-0.2, -0.15) is 0 Å². The molecule has 0 bridgehead atoms. The van der Waals surface area contributed by atoms with Crippen LogP contribution in [0.25, 0.3) is 0 Å². The Hall–Kier alpha value is -0.890. The first-order valence-corrected chi connectivity index (χ1v) is 6.86. The first-order valence-electron chi connectivity index (χ1n) is 6.86. The van der Waals surface area contributed by atoms with Crippen LogP contribution in [0.5, 0.6) is 0 Å². The summed E-state index contributed by atoms with van der Waals surface area (Å²) >= 11 is 0. The smallest absolute Gasteiger partial charge is 0.123 e. The zero-order chi connectivity index (χ0) is 13.8. The van der Waals surface area contributed by atoms with Crippen LogP contribution in [0.3, 0.4) is 0 Å². The standard InChI is InChI=1S/C16H26FN/c1-6-7-12(2)15(18-5)16(3,4)13-8-10-14(17)11-9-13/h8-12,15,18H,6-7H2,1-5H3. The predicted molar refractivity (Wildman–Crippen MR) is 76.3 cm³/mol. The van der Waals surface area contributed by atoms with Crippen molar-refractivity contribution in [1.29, 1.82) is 0 Å². The normalized spacial score (nSPS) is 15.4. The molecule has 1 nitrogen and oxygen atoms in total. The second-order valence-corrected chi connectivity index (χ2v) is 5.76. The van der Waals surface area contributed by atoms with Crippen LogP contribution in [0, 0.1) is 11.7 Å². The maximum atomic E-state index is 13.0. The first-order chi connectivity index (χ1) is 8.43. The molecule has 2 unspecified atom stereocenters. The summed E-state index contributed by atoms with van der Waals surface area (Å²) in [6.45, 7) is 8.96. The first kappa shape index (κ1) is 15.2.